The van der Waals surface area contributed by atoms with Crippen LogP contribution in [0.5, 0.6) is 0 Å². The molecule has 2 aromatic rings. The number of tetrazole rings is 1. The summed E-state index contributed by atoms with van der Waals surface area (Å²) in [5, 5.41) is 17.4. The van der Waals surface area contributed by atoms with E-state index < -0.39 is 0 Å². The molecule has 2 aromatic heterocycles. The van der Waals surface area contributed by atoms with Gasteiger partial charge in [-0.2, -0.15) is 9.59 Å². The molecule has 0 amide bonds. The molecule has 0 aliphatic rings. The number of aromatic nitrogens is 6. The molecule has 2 N–H and O–H groups in total. The maximum Gasteiger partial charge on any atom is 0.202 e. The molecule has 0 radical (unpaired) electrons. The lowest BCUT2D eigenvalue weighted by molar-refractivity contribution is 0.859. The van der Waals surface area contributed by atoms with E-state index in [2.05, 4.69) is 42.2 Å². The van der Waals surface area contributed by atoms with E-state index in [1.807, 2.05) is 0 Å². The molecule has 0 spiro atoms. The highest BCUT2D eigenvalue weighted by Crippen LogP contribution is 2.12. The molecule has 8 heteroatoms. The van der Waals surface area contributed by atoms with Crippen LogP contribution in [-0.2, 0) is 13.0 Å². The molecule has 0 unspecified atom stereocenters. The van der Waals surface area contributed by atoms with Gasteiger partial charge in [-0.1, -0.05) is 12.1 Å². The van der Waals surface area contributed by atoms with Crippen LogP contribution in [0.2, 0.25) is 0 Å². The van der Waals surface area contributed by atoms with Crippen LogP contribution in [0.1, 0.15) is 25.0 Å². The zero-order valence-corrected chi connectivity index (χ0v) is 9.08. The van der Waals surface area contributed by atoms with Crippen LogP contribution in [0.3, 0.4) is 0 Å². The van der Waals surface area contributed by atoms with Crippen molar-refractivity contribution in [1.82, 2.24) is 30.0 Å². The van der Waals surface area contributed by atoms with Crippen LogP contribution in [0, 0.1) is 0 Å². The van der Waals surface area contributed by atoms with Gasteiger partial charge in [-0.15, -0.1) is 10.2 Å². The number of aromatic amines is 1. The minimum absolute atomic E-state index is 0.511. The Bertz CT molecular complexity index is 395. The van der Waals surface area contributed by atoms with E-state index in [-0.39, 0.29) is 0 Å². The molecule has 7 nitrogen and oxygen atoms in total. The van der Waals surface area contributed by atoms with E-state index in [4.69, 9.17) is 0 Å². The predicted molar refractivity (Wildman–Crippen MR) is 55.4 cm³/mol. The highest BCUT2D eigenvalue weighted by atomic mass is 32.1. The third kappa shape index (κ3) is 2.69. The second-order valence-corrected chi connectivity index (χ2v) is 3.70. The average molecular weight is 225 g/mol. The third-order valence-electron chi connectivity index (χ3n) is 1.73. The minimum Gasteiger partial charge on any atom is -0.353 e. The minimum atomic E-state index is 0.511. The van der Waals surface area contributed by atoms with Crippen molar-refractivity contribution in [1.29, 1.82) is 0 Å². The quantitative estimate of drug-likeness (QED) is 0.774. The Balaban J connectivity index is 1.88. The normalized spacial score (nSPS) is 10.5. The molecule has 0 saturated carbocycles. The fourth-order valence-electron chi connectivity index (χ4n) is 1.06. The topological polar surface area (TPSA) is 92.3 Å². The van der Waals surface area contributed by atoms with Crippen molar-refractivity contribution in [3.8, 4) is 0 Å². The van der Waals surface area contributed by atoms with Gasteiger partial charge in [-0.05, 0) is 6.42 Å². The molecule has 0 atom stereocenters. The Hall–Kier alpha value is -1.57. The number of hydrogen-bond donors (Lipinski definition) is 2. The van der Waals surface area contributed by atoms with Crippen molar-refractivity contribution in [2.75, 3.05) is 5.32 Å². The molecule has 2 heterocycles. The third-order valence-corrected chi connectivity index (χ3v) is 2.44. The monoisotopic (exact) mass is 225 g/mol. The van der Waals surface area contributed by atoms with Gasteiger partial charge in [0.2, 0.25) is 5.13 Å². The van der Waals surface area contributed by atoms with Gasteiger partial charge < -0.3 is 5.32 Å². The van der Waals surface area contributed by atoms with Crippen LogP contribution in [0.25, 0.3) is 0 Å². The van der Waals surface area contributed by atoms with E-state index in [1.54, 1.807) is 0 Å². The Labute approximate surface area is 90.5 Å². The first-order valence-electron chi connectivity index (χ1n) is 4.67. The second kappa shape index (κ2) is 4.78. The van der Waals surface area contributed by atoms with Gasteiger partial charge >= 0.3 is 0 Å². The molecule has 0 saturated heterocycles. The zero-order chi connectivity index (χ0) is 10.5. The van der Waals surface area contributed by atoms with E-state index in [0.29, 0.717) is 12.4 Å². The van der Waals surface area contributed by atoms with Crippen LogP contribution < -0.4 is 5.32 Å². The van der Waals surface area contributed by atoms with Crippen molar-refractivity contribution < 1.29 is 0 Å². The summed E-state index contributed by atoms with van der Waals surface area (Å²) < 4.78 is 4.21. The largest absolute Gasteiger partial charge is 0.353 e. The summed E-state index contributed by atoms with van der Waals surface area (Å²) in [7, 11) is 0. The Morgan fingerprint density at radius 2 is 2.33 bits per heavy atom. The number of nitrogens with one attached hydrogen (secondary N) is 2. The summed E-state index contributed by atoms with van der Waals surface area (Å²) in [5.41, 5.74) is 0. The lowest BCUT2D eigenvalue weighted by Gasteiger charge is -1.94. The summed E-state index contributed by atoms with van der Waals surface area (Å²) in [4.78, 5) is 4.31. The molecule has 0 fully saturated rings. The van der Waals surface area contributed by atoms with Crippen LogP contribution in [0.4, 0.5) is 5.13 Å². The van der Waals surface area contributed by atoms with Gasteiger partial charge in [-0.3, -0.25) is 0 Å². The molecule has 15 heavy (non-hydrogen) atoms. The predicted octanol–water partition coefficient (Wildman–Crippen LogP) is 0.616. The Morgan fingerprint density at radius 3 is 3.07 bits per heavy atom. The van der Waals surface area contributed by atoms with E-state index >= 15 is 0 Å². The molecule has 0 aromatic carbocycles. The smallest absolute Gasteiger partial charge is 0.202 e. The first-order chi connectivity index (χ1) is 7.38. The molecule has 2 rings (SSSR count). The fraction of sp³-hybridized carbons (Fsp3) is 0.571. The van der Waals surface area contributed by atoms with E-state index in [0.717, 1.165) is 23.8 Å². The number of rotatable bonds is 5. The van der Waals surface area contributed by atoms with Crippen molar-refractivity contribution in [2.24, 2.45) is 0 Å². The highest BCUT2D eigenvalue weighted by molar-refractivity contribution is 7.09. The van der Waals surface area contributed by atoms with Crippen LogP contribution in [0.15, 0.2) is 0 Å². The van der Waals surface area contributed by atoms with Crippen LogP contribution >= 0.6 is 11.5 Å². The summed E-state index contributed by atoms with van der Waals surface area (Å²) in [6.07, 6.45) is 1.97. The molecule has 0 bridgehead atoms. The fourth-order valence-corrected chi connectivity index (χ4v) is 1.67. The van der Waals surface area contributed by atoms with Gasteiger partial charge in [0.15, 0.2) is 5.82 Å². The molecule has 0 aliphatic carbocycles. The van der Waals surface area contributed by atoms with E-state index in [9.17, 15) is 0 Å². The number of anilines is 1. The SMILES string of the molecule is CCCc1nsc(NCc2nn[nH]n2)n1. The number of H-pyrrole nitrogens is 1. The van der Waals surface area contributed by atoms with Crippen molar-refractivity contribution in [3.63, 3.8) is 0 Å². The number of hydrogen-bond acceptors (Lipinski definition) is 7. The van der Waals surface area contributed by atoms with Gasteiger partial charge in [0.25, 0.3) is 0 Å². The highest BCUT2D eigenvalue weighted by Gasteiger charge is 2.03. The lowest BCUT2D eigenvalue weighted by Crippen LogP contribution is -2.01. The lowest BCUT2D eigenvalue weighted by atomic mass is 10.3. The summed E-state index contributed by atoms with van der Waals surface area (Å²) in [6, 6.07) is 0. The van der Waals surface area contributed by atoms with Gasteiger partial charge in [-0.25, -0.2) is 4.98 Å². The first-order valence-corrected chi connectivity index (χ1v) is 5.44. The number of aryl methyl sites for hydroxylation is 1. The van der Waals surface area contributed by atoms with Crippen molar-refractivity contribution >= 4 is 16.7 Å². The maximum absolute atomic E-state index is 4.31. The summed E-state index contributed by atoms with van der Waals surface area (Å²) in [5.74, 6) is 1.50. The number of nitrogens with zero attached hydrogens (tertiary/aromatic N) is 5. The second-order valence-electron chi connectivity index (χ2n) is 2.95. The summed E-state index contributed by atoms with van der Waals surface area (Å²) in [6.45, 7) is 2.62. The van der Waals surface area contributed by atoms with Gasteiger partial charge in [0, 0.05) is 18.0 Å². The molecule has 0 aliphatic heterocycles. The van der Waals surface area contributed by atoms with Crippen molar-refractivity contribution in [3.05, 3.63) is 11.6 Å². The Morgan fingerprint density at radius 1 is 1.40 bits per heavy atom. The van der Waals surface area contributed by atoms with Gasteiger partial charge in [0.05, 0.1) is 6.54 Å². The van der Waals surface area contributed by atoms with Crippen molar-refractivity contribution in [2.45, 2.75) is 26.3 Å². The van der Waals surface area contributed by atoms with Crippen LogP contribution in [-0.4, -0.2) is 30.0 Å². The van der Waals surface area contributed by atoms with Gasteiger partial charge in [0.1, 0.15) is 5.82 Å². The average Bonchev–Trinajstić information content (AvgIpc) is 2.85. The zero-order valence-electron chi connectivity index (χ0n) is 8.27. The van der Waals surface area contributed by atoms with E-state index in [1.165, 1.54) is 11.5 Å². The maximum atomic E-state index is 4.31. The standard InChI is InChI=1S/C7H11N7S/c1-2-3-5-9-7(15-12-5)8-4-6-10-13-14-11-6/h2-4H2,1H3,(H,8,9,12)(H,10,11,13,14). The molecular formula is C7H11N7S. The molecular weight excluding hydrogens is 214 g/mol. The molecule has 80 valence electrons. The Kier molecular flexibility index (Phi) is 3.18. The summed E-state index contributed by atoms with van der Waals surface area (Å²) >= 11 is 1.35. The first kappa shape index (κ1) is 9.97.